The molecule has 0 radical (unpaired) electrons. The topological polar surface area (TPSA) is 8.17 Å². The smallest absolute Gasteiger partial charge is 0.0720 e. The summed E-state index contributed by atoms with van der Waals surface area (Å²) in [5, 5.41) is 2.49. The average molecular weight is 829 g/mol. The van der Waals surface area contributed by atoms with Crippen molar-refractivity contribution in [2.24, 2.45) is 0 Å². The molecule has 10 aromatic rings. The van der Waals surface area contributed by atoms with Crippen LogP contribution < -0.4 is 4.90 Å². The van der Waals surface area contributed by atoms with Crippen molar-refractivity contribution in [1.29, 1.82) is 0 Å². The number of para-hydroxylation sites is 2. The molecule has 3 aliphatic rings. The number of nitrogens with zero attached hydrogens (tertiary/aromatic N) is 2. The van der Waals surface area contributed by atoms with E-state index in [0.717, 1.165) is 23.5 Å². The van der Waals surface area contributed by atoms with Gasteiger partial charge in [0.2, 0.25) is 0 Å². The molecule has 9 aromatic carbocycles. The largest absolute Gasteiger partial charge is 0.314 e. The second-order valence-electron chi connectivity index (χ2n) is 17.5. The van der Waals surface area contributed by atoms with Crippen LogP contribution in [-0.4, -0.2) is 4.57 Å². The van der Waals surface area contributed by atoms with Crippen molar-refractivity contribution in [2.75, 3.05) is 4.90 Å². The Morgan fingerprint density at radius 1 is 0.385 bits per heavy atom. The predicted octanol–water partition coefficient (Wildman–Crippen LogP) is 15.4. The SMILES string of the molecule is C1=CC=C(N(c2ccc(C3(c4ccccc4)c4ccccc4C4(c5ccccc5)c5ccccc5-c5cccc3c54)cc2)c2ccc3c4ccccc4n(-c4ccccc4)c3c2)CC=C1. The first-order valence-corrected chi connectivity index (χ1v) is 22.7. The van der Waals surface area contributed by atoms with Gasteiger partial charge >= 0.3 is 0 Å². The Balaban J connectivity index is 1.05. The summed E-state index contributed by atoms with van der Waals surface area (Å²) in [6.07, 6.45) is 11.8. The van der Waals surface area contributed by atoms with Gasteiger partial charge in [-0.25, -0.2) is 0 Å². The maximum absolute atomic E-state index is 2.46. The highest BCUT2D eigenvalue weighted by molar-refractivity contribution is 6.10. The van der Waals surface area contributed by atoms with Crippen LogP contribution in [0.5, 0.6) is 0 Å². The third kappa shape index (κ3) is 5.29. The number of hydrogen-bond donors (Lipinski definition) is 0. The molecule has 2 nitrogen and oxygen atoms in total. The minimum atomic E-state index is -0.616. The average Bonchev–Trinajstić information content (AvgIpc) is 3.72. The summed E-state index contributed by atoms with van der Waals surface area (Å²) in [4.78, 5) is 2.46. The van der Waals surface area contributed by atoms with E-state index in [1.54, 1.807) is 0 Å². The molecule has 0 spiro atoms. The van der Waals surface area contributed by atoms with Gasteiger partial charge in [-0.3, -0.25) is 0 Å². The first-order chi connectivity index (χ1) is 32.3. The number of benzene rings is 9. The quantitative estimate of drug-likeness (QED) is 0.155. The van der Waals surface area contributed by atoms with Gasteiger partial charge in [-0.05, 0) is 104 Å². The van der Waals surface area contributed by atoms with Crippen LogP contribution in [0.4, 0.5) is 11.4 Å². The third-order valence-electron chi connectivity index (χ3n) is 14.4. The molecule has 0 aliphatic heterocycles. The fourth-order valence-electron chi connectivity index (χ4n) is 11.9. The van der Waals surface area contributed by atoms with E-state index in [4.69, 9.17) is 0 Å². The molecular weight excluding hydrogens is 785 g/mol. The van der Waals surface area contributed by atoms with E-state index in [1.165, 1.54) is 83.1 Å². The lowest BCUT2D eigenvalue weighted by molar-refractivity contribution is 0.626. The molecule has 1 aromatic heterocycles. The summed E-state index contributed by atoms with van der Waals surface area (Å²) in [7, 11) is 0. The molecule has 0 bridgehead atoms. The van der Waals surface area contributed by atoms with Crippen molar-refractivity contribution in [3.8, 4) is 16.8 Å². The summed E-state index contributed by atoms with van der Waals surface area (Å²) in [5.41, 5.74) is 19.0. The van der Waals surface area contributed by atoms with Gasteiger partial charge in [0.1, 0.15) is 0 Å². The van der Waals surface area contributed by atoms with Crippen LogP contribution in [-0.2, 0) is 10.8 Å². The number of allylic oxidation sites excluding steroid dienone is 5. The molecule has 2 atom stereocenters. The van der Waals surface area contributed by atoms with E-state index in [2.05, 4.69) is 264 Å². The van der Waals surface area contributed by atoms with Gasteiger partial charge in [0.15, 0.2) is 0 Å². The Hall–Kier alpha value is -8.20. The minimum Gasteiger partial charge on any atom is -0.314 e. The number of fused-ring (bicyclic) bond motifs is 8. The van der Waals surface area contributed by atoms with Crippen LogP contribution in [0.1, 0.15) is 50.9 Å². The molecule has 0 saturated carbocycles. The van der Waals surface area contributed by atoms with E-state index in [-0.39, 0.29) is 0 Å². The molecule has 2 unspecified atom stereocenters. The molecule has 0 N–H and O–H groups in total. The van der Waals surface area contributed by atoms with Crippen LogP contribution in [0.25, 0.3) is 38.6 Å². The van der Waals surface area contributed by atoms with Crippen molar-refractivity contribution >= 4 is 33.2 Å². The number of rotatable bonds is 7. The Kier molecular flexibility index (Phi) is 8.44. The standard InChI is InChI=1S/C63H44N2/c1-2-11-26-47(25-10-1)64(50-41-42-53-52-30-15-19-36-59(52)65(60(53)43-50)48-27-12-5-13-28-48)49-39-37-46(38-40-49)62(44-21-6-3-7-22-44)56-33-17-18-34-57(56)63(45-23-8-4-9-24-45)55-32-16-14-29-51(55)54-31-20-35-58(62)61(54)63/h1-25,27-43H,26H2. The zero-order valence-corrected chi connectivity index (χ0v) is 35.9. The Labute approximate surface area is 380 Å². The highest BCUT2D eigenvalue weighted by atomic mass is 15.1. The summed E-state index contributed by atoms with van der Waals surface area (Å²) >= 11 is 0. The van der Waals surface area contributed by atoms with Crippen LogP contribution in [0.2, 0.25) is 0 Å². The van der Waals surface area contributed by atoms with Gasteiger partial charge in [0, 0.05) is 40.0 Å². The monoisotopic (exact) mass is 828 g/mol. The van der Waals surface area contributed by atoms with E-state index >= 15 is 0 Å². The fourth-order valence-corrected chi connectivity index (χ4v) is 11.9. The molecular formula is C63H44N2. The van der Waals surface area contributed by atoms with Crippen molar-refractivity contribution in [2.45, 2.75) is 17.3 Å². The summed E-state index contributed by atoms with van der Waals surface area (Å²) in [6, 6.07) is 83.9. The molecule has 0 fully saturated rings. The Morgan fingerprint density at radius 3 is 1.72 bits per heavy atom. The number of aromatic nitrogens is 1. The first kappa shape index (κ1) is 37.4. The Bertz CT molecular complexity index is 3560. The first-order valence-electron chi connectivity index (χ1n) is 22.7. The van der Waals surface area contributed by atoms with Crippen molar-refractivity contribution in [1.82, 2.24) is 4.57 Å². The maximum Gasteiger partial charge on any atom is 0.0720 e. The fraction of sp³-hybridized carbons (Fsp3) is 0.0476. The van der Waals surface area contributed by atoms with E-state index in [1.807, 2.05) is 0 Å². The highest BCUT2D eigenvalue weighted by Gasteiger charge is 2.57. The molecule has 306 valence electrons. The molecule has 13 rings (SSSR count). The normalized spacial score (nSPS) is 17.9. The second-order valence-corrected chi connectivity index (χ2v) is 17.5. The van der Waals surface area contributed by atoms with Gasteiger partial charge < -0.3 is 9.47 Å². The molecule has 0 saturated heterocycles. The third-order valence-corrected chi connectivity index (χ3v) is 14.4. The molecule has 1 heterocycles. The number of anilines is 2. The number of hydrogen-bond acceptors (Lipinski definition) is 1. The zero-order valence-electron chi connectivity index (χ0n) is 35.9. The lowest BCUT2D eigenvalue weighted by Gasteiger charge is -2.49. The second kappa shape index (κ2) is 14.7. The van der Waals surface area contributed by atoms with Crippen LogP contribution in [0, 0.1) is 0 Å². The Morgan fingerprint density at radius 2 is 0.954 bits per heavy atom. The predicted molar refractivity (Wildman–Crippen MR) is 270 cm³/mol. The van der Waals surface area contributed by atoms with Gasteiger partial charge in [-0.1, -0.05) is 206 Å². The van der Waals surface area contributed by atoms with Gasteiger partial charge in [0.25, 0.3) is 0 Å². The van der Waals surface area contributed by atoms with Crippen LogP contribution in [0.15, 0.2) is 261 Å². The van der Waals surface area contributed by atoms with Crippen LogP contribution in [0.3, 0.4) is 0 Å². The minimum absolute atomic E-state index is 0.483. The van der Waals surface area contributed by atoms with Crippen molar-refractivity contribution in [3.63, 3.8) is 0 Å². The maximum atomic E-state index is 2.46. The molecule has 2 heteroatoms. The highest BCUT2D eigenvalue weighted by Crippen LogP contribution is 2.65. The van der Waals surface area contributed by atoms with Gasteiger partial charge in [-0.15, -0.1) is 0 Å². The summed E-state index contributed by atoms with van der Waals surface area (Å²) < 4.78 is 2.41. The van der Waals surface area contributed by atoms with Crippen molar-refractivity contribution in [3.05, 3.63) is 305 Å². The van der Waals surface area contributed by atoms with Crippen molar-refractivity contribution < 1.29 is 0 Å². The molecule has 0 amide bonds. The summed E-state index contributed by atoms with van der Waals surface area (Å²) in [5.74, 6) is 0. The lowest BCUT2D eigenvalue weighted by atomic mass is 9.52. The van der Waals surface area contributed by atoms with Gasteiger partial charge in [0.05, 0.1) is 21.9 Å². The van der Waals surface area contributed by atoms with Crippen LogP contribution >= 0.6 is 0 Å². The lowest BCUT2D eigenvalue weighted by Crippen LogP contribution is -2.44. The van der Waals surface area contributed by atoms with E-state index < -0.39 is 10.8 Å². The zero-order chi connectivity index (χ0) is 43.0. The van der Waals surface area contributed by atoms with E-state index in [9.17, 15) is 0 Å². The van der Waals surface area contributed by atoms with E-state index in [0.29, 0.717) is 0 Å². The van der Waals surface area contributed by atoms with Gasteiger partial charge in [-0.2, -0.15) is 0 Å². The summed E-state index contributed by atoms with van der Waals surface area (Å²) in [6.45, 7) is 0. The molecule has 65 heavy (non-hydrogen) atoms. The molecule has 3 aliphatic carbocycles.